The number of carbonyl (C=O) groups is 3. The molecule has 1 aliphatic rings. The minimum absolute atomic E-state index is 0.0136. The molecule has 1 aromatic rings. The van der Waals surface area contributed by atoms with Crippen LogP contribution in [0.3, 0.4) is 0 Å². The average Bonchev–Trinajstić information content (AvgIpc) is 3.06. The van der Waals surface area contributed by atoms with Gasteiger partial charge in [0.05, 0.1) is 12.5 Å². The Morgan fingerprint density at radius 3 is 2.46 bits per heavy atom. The number of carbonyl (C=O) groups excluding carboxylic acids is 3. The van der Waals surface area contributed by atoms with Crippen LogP contribution in [0.15, 0.2) is 30.3 Å². The van der Waals surface area contributed by atoms with E-state index in [0.717, 1.165) is 31.2 Å². The van der Waals surface area contributed by atoms with Crippen LogP contribution in [-0.4, -0.2) is 30.4 Å². The number of hydrogen-bond donors (Lipinski definition) is 2. The number of nitrogens with one attached hydrogen (secondary N) is 2. The van der Waals surface area contributed by atoms with Crippen LogP contribution < -0.4 is 10.6 Å². The van der Waals surface area contributed by atoms with Gasteiger partial charge in [0.15, 0.2) is 6.61 Å². The second-order valence-corrected chi connectivity index (χ2v) is 6.08. The summed E-state index contributed by atoms with van der Waals surface area (Å²) in [6.45, 7) is 1.12. The molecule has 0 aliphatic heterocycles. The third-order valence-electron chi connectivity index (χ3n) is 4.03. The van der Waals surface area contributed by atoms with Gasteiger partial charge in [-0.1, -0.05) is 43.2 Å². The second-order valence-electron chi connectivity index (χ2n) is 6.08. The van der Waals surface area contributed by atoms with Crippen LogP contribution in [0, 0.1) is 0 Å². The molecule has 6 nitrogen and oxygen atoms in total. The molecule has 0 saturated heterocycles. The molecule has 2 rings (SSSR count). The standard InChI is InChI=1S/C18H24N2O4/c1-13(21)19-16(14-7-3-2-4-8-14)11-18(23)24-12-17(22)20-15-9-5-6-10-15/h2-4,7-8,15-16H,5-6,9-12H2,1H3,(H,19,21)(H,20,22)/t16-/m0/s1. The number of esters is 1. The van der Waals surface area contributed by atoms with E-state index in [0.29, 0.717) is 0 Å². The van der Waals surface area contributed by atoms with Gasteiger partial charge in [-0.15, -0.1) is 0 Å². The van der Waals surface area contributed by atoms with Crippen molar-refractivity contribution >= 4 is 17.8 Å². The van der Waals surface area contributed by atoms with Crippen LogP contribution in [0.1, 0.15) is 50.6 Å². The van der Waals surface area contributed by atoms with Gasteiger partial charge in [-0.3, -0.25) is 14.4 Å². The quantitative estimate of drug-likeness (QED) is 0.747. The number of ether oxygens (including phenoxy) is 1. The summed E-state index contributed by atoms with van der Waals surface area (Å²) in [5.74, 6) is -1.01. The Labute approximate surface area is 142 Å². The molecule has 1 saturated carbocycles. The molecule has 6 heteroatoms. The highest BCUT2D eigenvalue weighted by molar-refractivity contribution is 5.81. The van der Waals surface area contributed by atoms with Gasteiger partial charge >= 0.3 is 5.97 Å². The molecule has 0 unspecified atom stereocenters. The van der Waals surface area contributed by atoms with Crippen molar-refractivity contribution in [3.05, 3.63) is 35.9 Å². The smallest absolute Gasteiger partial charge is 0.308 e. The zero-order valence-electron chi connectivity index (χ0n) is 13.9. The Morgan fingerprint density at radius 2 is 1.83 bits per heavy atom. The number of amides is 2. The van der Waals surface area contributed by atoms with Crippen LogP contribution in [0.25, 0.3) is 0 Å². The lowest BCUT2D eigenvalue weighted by Gasteiger charge is -2.18. The van der Waals surface area contributed by atoms with Gasteiger partial charge in [-0.2, -0.15) is 0 Å². The van der Waals surface area contributed by atoms with Gasteiger partial charge in [0.1, 0.15) is 0 Å². The lowest BCUT2D eigenvalue weighted by molar-refractivity contribution is -0.149. The molecule has 1 aliphatic carbocycles. The summed E-state index contributed by atoms with van der Waals surface area (Å²) in [5, 5.41) is 5.60. The van der Waals surface area contributed by atoms with E-state index in [4.69, 9.17) is 4.74 Å². The third kappa shape index (κ3) is 6.02. The molecule has 1 fully saturated rings. The highest BCUT2D eigenvalue weighted by Gasteiger charge is 2.20. The van der Waals surface area contributed by atoms with E-state index in [2.05, 4.69) is 10.6 Å². The lowest BCUT2D eigenvalue weighted by Crippen LogP contribution is -2.36. The number of benzene rings is 1. The zero-order chi connectivity index (χ0) is 17.4. The summed E-state index contributed by atoms with van der Waals surface area (Å²) in [6.07, 6.45) is 4.21. The van der Waals surface area contributed by atoms with Crippen molar-refractivity contribution in [2.24, 2.45) is 0 Å². The molecule has 1 atom stereocenters. The van der Waals surface area contributed by atoms with Crippen molar-refractivity contribution in [3.63, 3.8) is 0 Å². The lowest BCUT2D eigenvalue weighted by atomic mass is 10.0. The fourth-order valence-electron chi connectivity index (χ4n) is 2.89. The van der Waals surface area contributed by atoms with Crippen LogP contribution in [0.2, 0.25) is 0 Å². The van der Waals surface area contributed by atoms with E-state index in [9.17, 15) is 14.4 Å². The molecule has 130 valence electrons. The van der Waals surface area contributed by atoms with Crippen molar-refractivity contribution in [1.29, 1.82) is 0 Å². The van der Waals surface area contributed by atoms with E-state index in [1.54, 1.807) is 0 Å². The highest BCUT2D eigenvalue weighted by Crippen LogP contribution is 2.18. The maximum Gasteiger partial charge on any atom is 0.308 e. The Hall–Kier alpha value is -2.37. The predicted octanol–water partition coefficient (Wildman–Crippen LogP) is 1.86. The maximum absolute atomic E-state index is 12.0. The van der Waals surface area contributed by atoms with Gasteiger partial charge in [-0.25, -0.2) is 0 Å². The van der Waals surface area contributed by atoms with Gasteiger partial charge in [0.2, 0.25) is 5.91 Å². The SMILES string of the molecule is CC(=O)N[C@@H](CC(=O)OCC(=O)NC1CCCC1)c1ccccc1. The van der Waals surface area contributed by atoms with Gasteiger partial charge in [0, 0.05) is 13.0 Å². The molecule has 0 heterocycles. The van der Waals surface area contributed by atoms with Gasteiger partial charge in [0.25, 0.3) is 5.91 Å². The van der Waals surface area contributed by atoms with Crippen molar-refractivity contribution < 1.29 is 19.1 Å². The summed E-state index contributed by atoms with van der Waals surface area (Å²) in [4.78, 5) is 35.1. The minimum atomic E-state index is -0.515. The normalized spacial score (nSPS) is 15.5. The van der Waals surface area contributed by atoms with E-state index >= 15 is 0 Å². The van der Waals surface area contributed by atoms with Crippen LogP contribution >= 0.6 is 0 Å². The molecular formula is C18H24N2O4. The molecule has 0 bridgehead atoms. The summed E-state index contributed by atoms with van der Waals surface area (Å²) >= 11 is 0. The van der Waals surface area contributed by atoms with Gasteiger partial charge < -0.3 is 15.4 Å². The van der Waals surface area contributed by atoms with E-state index in [1.807, 2.05) is 30.3 Å². The molecule has 0 spiro atoms. The molecular weight excluding hydrogens is 308 g/mol. The first-order valence-corrected chi connectivity index (χ1v) is 8.31. The molecule has 0 aromatic heterocycles. The Bertz CT molecular complexity index is 568. The Kier molecular flexibility index (Phi) is 6.78. The predicted molar refractivity (Wildman–Crippen MR) is 89.0 cm³/mol. The number of rotatable bonds is 7. The van der Waals surface area contributed by atoms with Crippen molar-refractivity contribution in [1.82, 2.24) is 10.6 Å². The summed E-state index contributed by atoms with van der Waals surface area (Å²) in [5.41, 5.74) is 0.819. The Morgan fingerprint density at radius 1 is 1.17 bits per heavy atom. The average molecular weight is 332 g/mol. The third-order valence-corrected chi connectivity index (χ3v) is 4.03. The monoisotopic (exact) mass is 332 g/mol. The van der Waals surface area contributed by atoms with Crippen molar-refractivity contribution in [3.8, 4) is 0 Å². The molecule has 24 heavy (non-hydrogen) atoms. The van der Waals surface area contributed by atoms with E-state index in [-0.39, 0.29) is 30.9 Å². The fraction of sp³-hybridized carbons (Fsp3) is 0.500. The van der Waals surface area contributed by atoms with E-state index < -0.39 is 12.0 Å². The zero-order valence-corrected chi connectivity index (χ0v) is 13.9. The topological polar surface area (TPSA) is 84.5 Å². The summed E-state index contributed by atoms with van der Waals surface area (Å²) in [7, 11) is 0. The van der Waals surface area contributed by atoms with Crippen molar-refractivity contribution in [2.75, 3.05) is 6.61 Å². The van der Waals surface area contributed by atoms with Crippen LogP contribution in [0.5, 0.6) is 0 Å². The van der Waals surface area contributed by atoms with Gasteiger partial charge in [-0.05, 0) is 18.4 Å². The number of hydrogen-bond acceptors (Lipinski definition) is 4. The first kappa shape index (κ1) is 18.0. The van der Waals surface area contributed by atoms with E-state index in [1.165, 1.54) is 6.92 Å². The maximum atomic E-state index is 12.0. The minimum Gasteiger partial charge on any atom is -0.456 e. The Balaban J connectivity index is 1.81. The highest BCUT2D eigenvalue weighted by atomic mass is 16.5. The van der Waals surface area contributed by atoms with Crippen molar-refractivity contribution in [2.45, 2.75) is 51.1 Å². The molecule has 2 amide bonds. The first-order chi connectivity index (χ1) is 11.5. The van der Waals surface area contributed by atoms with Crippen LogP contribution in [-0.2, 0) is 19.1 Å². The largest absolute Gasteiger partial charge is 0.456 e. The fourth-order valence-corrected chi connectivity index (χ4v) is 2.89. The molecule has 0 radical (unpaired) electrons. The van der Waals surface area contributed by atoms with Crippen LogP contribution in [0.4, 0.5) is 0 Å². The second kappa shape index (κ2) is 9.05. The molecule has 2 N–H and O–H groups in total. The summed E-state index contributed by atoms with van der Waals surface area (Å²) < 4.78 is 5.05. The first-order valence-electron chi connectivity index (χ1n) is 8.31. The molecule has 1 aromatic carbocycles. The summed E-state index contributed by atoms with van der Waals surface area (Å²) in [6, 6.07) is 8.94.